The number of azide groups is 1. The number of carbonyl (C=O) groups is 1. The van der Waals surface area contributed by atoms with Gasteiger partial charge in [0.2, 0.25) is 0 Å². The lowest BCUT2D eigenvalue weighted by atomic mass is 10.2. The van der Waals surface area contributed by atoms with Crippen LogP contribution in [-0.4, -0.2) is 37.5 Å². The van der Waals surface area contributed by atoms with Gasteiger partial charge in [0.05, 0.1) is 6.54 Å². The van der Waals surface area contributed by atoms with Crippen molar-refractivity contribution in [3.05, 3.63) is 10.4 Å². The normalized spacial score (nSPS) is 25.0. The van der Waals surface area contributed by atoms with Crippen LogP contribution in [0.4, 0.5) is 0 Å². The third-order valence-electron chi connectivity index (χ3n) is 1.88. The van der Waals surface area contributed by atoms with Crippen molar-refractivity contribution in [2.24, 2.45) is 5.11 Å². The molecule has 1 fully saturated rings. The highest BCUT2D eigenvalue weighted by atomic mass is 16.7. The fraction of sp³-hybridized carbons (Fsp3) is 0.875. The first-order chi connectivity index (χ1) is 7.15. The summed E-state index contributed by atoms with van der Waals surface area (Å²) in [5, 5.41) is 6.07. The Bertz CT molecular complexity index is 275. The number of hydrogen-bond donors (Lipinski definition) is 1. The highest BCUT2D eigenvalue weighted by Crippen LogP contribution is 2.13. The molecule has 84 valence electrons. The molecule has 1 rings (SSSR count). The summed E-state index contributed by atoms with van der Waals surface area (Å²) in [6.45, 7) is 3.88. The van der Waals surface area contributed by atoms with Crippen molar-refractivity contribution in [2.45, 2.75) is 32.1 Å². The molecule has 0 aromatic heterocycles. The van der Waals surface area contributed by atoms with Gasteiger partial charge in [-0.05, 0) is 19.4 Å². The molecule has 7 nitrogen and oxygen atoms in total. The van der Waals surface area contributed by atoms with Crippen LogP contribution in [-0.2, 0) is 14.3 Å². The summed E-state index contributed by atoms with van der Waals surface area (Å²) in [6.07, 6.45) is -1.17. The Morgan fingerprint density at radius 1 is 1.67 bits per heavy atom. The first-order valence-electron chi connectivity index (χ1n) is 4.69. The monoisotopic (exact) mass is 214 g/mol. The molecular weight excluding hydrogens is 200 g/mol. The van der Waals surface area contributed by atoms with Crippen molar-refractivity contribution in [3.63, 3.8) is 0 Å². The van der Waals surface area contributed by atoms with Crippen LogP contribution >= 0.6 is 0 Å². The molecule has 2 atom stereocenters. The van der Waals surface area contributed by atoms with Crippen LogP contribution in [0.1, 0.15) is 13.8 Å². The summed E-state index contributed by atoms with van der Waals surface area (Å²) < 4.78 is 10.2. The van der Waals surface area contributed by atoms with E-state index in [1.165, 1.54) is 0 Å². The Morgan fingerprint density at radius 3 is 3.00 bits per heavy atom. The van der Waals surface area contributed by atoms with Crippen LogP contribution in [0.2, 0.25) is 0 Å². The fourth-order valence-corrected chi connectivity index (χ4v) is 1.27. The first-order valence-corrected chi connectivity index (χ1v) is 4.69. The molecule has 0 bridgehead atoms. The highest BCUT2D eigenvalue weighted by Gasteiger charge is 2.34. The minimum Gasteiger partial charge on any atom is -0.352 e. The zero-order chi connectivity index (χ0) is 11.3. The topological polar surface area (TPSA) is 96.3 Å². The minimum absolute atomic E-state index is 0.0434. The van der Waals surface area contributed by atoms with Crippen LogP contribution in [0.3, 0.4) is 0 Å². The van der Waals surface area contributed by atoms with Gasteiger partial charge in [-0.3, -0.25) is 4.79 Å². The van der Waals surface area contributed by atoms with Crippen LogP contribution in [0.5, 0.6) is 0 Å². The number of ether oxygens (including phenoxy) is 2. The van der Waals surface area contributed by atoms with Crippen molar-refractivity contribution in [1.29, 1.82) is 0 Å². The van der Waals surface area contributed by atoms with E-state index in [1.807, 2.05) is 13.8 Å². The van der Waals surface area contributed by atoms with Gasteiger partial charge in [0.1, 0.15) is 12.9 Å². The molecule has 7 heteroatoms. The largest absolute Gasteiger partial charge is 0.352 e. The van der Waals surface area contributed by atoms with Gasteiger partial charge in [0, 0.05) is 11.0 Å². The second-order valence-corrected chi connectivity index (χ2v) is 3.49. The van der Waals surface area contributed by atoms with Gasteiger partial charge in [-0.15, -0.1) is 0 Å². The standard InChI is InChI=1S/C8H14N4O3/c1-5(2)11-8(13)7-6(3-10-12-9)14-4-15-7/h5-7H,3-4H2,1-2H3,(H,11,13)/t6-,7+/m0/s1. The van der Waals surface area contributed by atoms with E-state index < -0.39 is 12.2 Å². The van der Waals surface area contributed by atoms with E-state index in [2.05, 4.69) is 15.3 Å². The smallest absolute Gasteiger partial charge is 0.252 e. The summed E-state index contributed by atoms with van der Waals surface area (Å²) in [7, 11) is 0. The fourth-order valence-electron chi connectivity index (χ4n) is 1.27. The molecule has 0 aromatic rings. The number of amides is 1. The van der Waals surface area contributed by atoms with E-state index in [0.29, 0.717) is 0 Å². The van der Waals surface area contributed by atoms with E-state index in [9.17, 15) is 4.79 Å². The zero-order valence-electron chi connectivity index (χ0n) is 8.71. The third-order valence-corrected chi connectivity index (χ3v) is 1.88. The molecule has 0 aromatic carbocycles. The van der Waals surface area contributed by atoms with Gasteiger partial charge in [-0.25, -0.2) is 0 Å². The Kier molecular flexibility index (Phi) is 4.36. The van der Waals surface area contributed by atoms with Gasteiger partial charge in [0.15, 0.2) is 6.10 Å². The molecule has 1 N–H and O–H groups in total. The maximum absolute atomic E-state index is 11.6. The summed E-state index contributed by atoms with van der Waals surface area (Å²) in [4.78, 5) is 14.2. The van der Waals surface area contributed by atoms with Crippen molar-refractivity contribution < 1.29 is 14.3 Å². The molecule has 0 unspecified atom stereocenters. The third kappa shape index (κ3) is 3.39. The van der Waals surface area contributed by atoms with E-state index in [-0.39, 0.29) is 25.3 Å². The number of rotatable bonds is 4. The summed E-state index contributed by atoms with van der Waals surface area (Å²) >= 11 is 0. The Morgan fingerprint density at radius 2 is 2.40 bits per heavy atom. The first kappa shape index (κ1) is 11.8. The van der Waals surface area contributed by atoms with Gasteiger partial charge < -0.3 is 14.8 Å². The summed E-state index contributed by atoms with van der Waals surface area (Å²) in [5.74, 6) is -0.236. The van der Waals surface area contributed by atoms with Crippen molar-refractivity contribution in [1.82, 2.24) is 5.32 Å². The molecule has 0 saturated carbocycles. The Labute approximate surface area is 87.4 Å². The Balaban J connectivity index is 2.51. The van der Waals surface area contributed by atoms with Crippen LogP contribution < -0.4 is 5.32 Å². The van der Waals surface area contributed by atoms with Crippen LogP contribution in [0, 0.1) is 0 Å². The molecule has 1 aliphatic heterocycles. The van der Waals surface area contributed by atoms with Crippen molar-refractivity contribution >= 4 is 5.91 Å². The average Bonchev–Trinajstić information content (AvgIpc) is 2.61. The number of hydrogen-bond acceptors (Lipinski definition) is 4. The van der Waals surface area contributed by atoms with E-state index >= 15 is 0 Å². The second kappa shape index (κ2) is 5.55. The molecule has 1 amide bonds. The van der Waals surface area contributed by atoms with Crippen molar-refractivity contribution in [2.75, 3.05) is 13.3 Å². The number of carbonyl (C=O) groups excluding carboxylic acids is 1. The van der Waals surface area contributed by atoms with Gasteiger partial charge in [0.25, 0.3) is 5.91 Å². The molecule has 1 heterocycles. The quantitative estimate of drug-likeness (QED) is 0.420. The summed E-state index contributed by atoms with van der Waals surface area (Å²) in [5.41, 5.74) is 8.16. The lowest BCUT2D eigenvalue weighted by Gasteiger charge is -2.16. The van der Waals surface area contributed by atoms with E-state index in [1.54, 1.807) is 0 Å². The maximum atomic E-state index is 11.6. The molecule has 0 aliphatic carbocycles. The average molecular weight is 214 g/mol. The van der Waals surface area contributed by atoms with Gasteiger partial charge in [-0.1, -0.05) is 5.11 Å². The predicted molar refractivity (Wildman–Crippen MR) is 51.9 cm³/mol. The number of nitrogens with one attached hydrogen (secondary N) is 1. The summed E-state index contributed by atoms with van der Waals surface area (Å²) in [6, 6.07) is 0.0434. The molecule has 1 saturated heterocycles. The van der Waals surface area contributed by atoms with Crippen molar-refractivity contribution in [3.8, 4) is 0 Å². The molecule has 0 spiro atoms. The maximum Gasteiger partial charge on any atom is 0.252 e. The molecular formula is C8H14N4O3. The molecule has 15 heavy (non-hydrogen) atoms. The minimum atomic E-state index is -0.683. The van der Waals surface area contributed by atoms with E-state index in [4.69, 9.17) is 15.0 Å². The zero-order valence-corrected chi connectivity index (χ0v) is 8.71. The van der Waals surface area contributed by atoms with Gasteiger partial charge in [-0.2, -0.15) is 0 Å². The molecule has 1 aliphatic rings. The van der Waals surface area contributed by atoms with Crippen LogP contribution in [0.15, 0.2) is 5.11 Å². The lowest BCUT2D eigenvalue weighted by molar-refractivity contribution is -0.131. The second-order valence-electron chi connectivity index (χ2n) is 3.49. The SMILES string of the molecule is CC(C)NC(=O)[C@@H]1OCO[C@H]1CN=[N+]=[N-]. The number of nitrogens with zero attached hydrogens (tertiary/aromatic N) is 3. The van der Waals surface area contributed by atoms with Crippen LogP contribution in [0.25, 0.3) is 10.4 Å². The Hall–Kier alpha value is -1.30. The predicted octanol–water partition coefficient (Wildman–Crippen LogP) is 0.563. The van der Waals surface area contributed by atoms with Gasteiger partial charge >= 0.3 is 0 Å². The van der Waals surface area contributed by atoms with E-state index in [0.717, 1.165) is 0 Å². The highest BCUT2D eigenvalue weighted by molar-refractivity contribution is 5.81. The molecule has 0 radical (unpaired) electrons. The lowest BCUT2D eigenvalue weighted by Crippen LogP contribution is -2.44.